The lowest BCUT2D eigenvalue weighted by Gasteiger charge is -2.49. The van der Waals surface area contributed by atoms with E-state index in [1.807, 2.05) is 54.7 Å². The number of hydrogen-bond acceptors (Lipinski definition) is 5. The predicted molar refractivity (Wildman–Crippen MR) is 121 cm³/mol. The molecule has 1 aliphatic heterocycles. The number of pyridine rings is 1. The highest BCUT2D eigenvalue weighted by Gasteiger charge is 2.59. The SMILES string of the molecule is Cc1cnc2c(c1)C(C)(N[S+]([O-])C(C)(C)C)C1(CCN(C(=O)OC(C)(C)C)CC1)C2. The van der Waals surface area contributed by atoms with Crippen LogP contribution in [0.2, 0.25) is 0 Å². The summed E-state index contributed by atoms with van der Waals surface area (Å²) >= 11 is -1.22. The Morgan fingerprint density at radius 2 is 1.83 bits per heavy atom. The molecule has 1 aliphatic carbocycles. The number of nitrogens with zero attached hydrogens (tertiary/aromatic N) is 2. The lowest BCUT2D eigenvalue weighted by molar-refractivity contribution is -0.00332. The molecule has 7 heteroatoms. The summed E-state index contributed by atoms with van der Waals surface area (Å²) in [5.41, 5.74) is 2.20. The fraction of sp³-hybridized carbons (Fsp3) is 0.739. The van der Waals surface area contributed by atoms with Crippen LogP contribution in [0.15, 0.2) is 12.3 Å². The normalized spacial score (nSPS) is 24.6. The van der Waals surface area contributed by atoms with E-state index in [-0.39, 0.29) is 16.3 Å². The third-order valence-corrected chi connectivity index (χ3v) is 8.14. The number of carbonyl (C=O) groups excluding carboxylic acids is 1. The van der Waals surface area contributed by atoms with Gasteiger partial charge in [0.1, 0.15) is 10.3 Å². The molecule has 2 atom stereocenters. The number of carbonyl (C=O) groups is 1. The monoisotopic (exact) mass is 435 g/mol. The van der Waals surface area contributed by atoms with Crippen molar-refractivity contribution in [1.29, 1.82) is 0 Å². The Balaban J connectivity index is 1.89. The van der Waals surface area contributed by atoms with Crippen molar-refractivity contribution >= 4 is 17.5 Å². The van der Waals surface area contributed by atoms with Gasteiger partial charge in [0.2, 0.25) is 0 Å². The summed E-state index contributed by atoms with van der Waals surface area (Å²) in [6.45, 7) is 17.1. The van der Waals surface area contributed by atoms with Crippen molar-refractivity contribution < 1.29 is 14.1 Å². The van der Waals surface area contributed by atoms with Crippen LogP contribution in [0.1, 0.15) is 78.1 Å². The van der Waals surface area contributed by atoms with Crippen molar-refractivity contribution in [2.24, 2.45) is 5.41 Å². The quantitative estimate of drug-likeness (QED) is 0.704. The molecule has 3 rings (SSSR count). The number of nitrogens with one attached hydrogen (secondary N) is 1. The van der Waals surface area contributed by atoms with Crippen molar-refractivity contribution in [2.45, 2.75) is 90.5 Å². The van der Waals surface area contributed by atoms with Crippen LogP contribution in [-0.4, -0.2) is 44.0 Å². The Bertz CT molecular complexity index is 807. The van der Waals surface area contributed by atoms with Gasteiger partial charge >= 0.3 is 6.09 Å². The van der Waals surface area contributed by atoms with Gasteiger partial charge in [-0.1, -0.05) is 6.07 Å². The molecule has 6 nitrogen and oxygen atoms in total. The number of rotatable bonds is 2. The second-order valence-electron chi connectivity index (χ2n) is 11.0. The van der Waals surface area contributed by atoms with Crippen molar-refractivity contribution in [3.8, 4) is 0 Å². The predicted octanol–water partition coefficient (Wildman–Crippen LogP) is 4.23. The maximum Gasteiger partial charge on any atom is 0.410 e. The molecule has 0 radical (unpaired) electrons. The topological polar surface area (TPSA) is 77.5 Å². The van der Waals surface area contributed by atoms with E-state index in [9.17, 15) is 9.35 Å². The first-order valence-electron chi connectivity index (χ1n) is 10.8. The smallest absolute Gasteiger partial charge is 0.410 e. The Kier molecular flexibility index (Phi) is 5.98. The molecule has 0 saturated carbocycles. The number of hydrogen-bond donors (Lipinski definition) is 1. The van der Waals surface area contributed by atoms with Crippen LogP contribution in [0, 0.1) is 12.3 Å². The van der Waals surface area contributed by atoms with Crippen molar-refractivity contribution in [1.82, 2.24) is 14.6 Å². The summed E-state index contributed by atoms with van der Waals surface area (Å²) in [5, 5.41) is 0. The van der Waals surface area contributed by atoms with Crippen molar-refractivity contribution in [3.05, 3.63) is 29.1 Å². The fourth-order valence-corrected chi connectivity index (χ4v) is 5.58. The highest BCUT2D eigenvalue weighted by molar-refractivity contribution is 7.90. The Morgan fingerprint density at radius 1 is 1.23 bits per heavy atom. The van der Waals surface area contributed by atoms with Gasteiger partial charge < -0.3 is 14.2 Å². The molecule has 1 aromatic rings. The number of piperidine rings is 1. The molecule has 1 amide bonds. The molecule has 1 saturated heterocycles. The summed E-state index contributed by atoms with van der Waals surface area (Å²) in [4.78, 5) is 19.1. The van der Waals surface area contributed by atoms with Gasteiger partial charge in [-0.15, -0.1) is 4.72 Å². The van der Waals surface area contributed by atoms with E-state index in [4.69, 9.17) is 9.72 Å². The molecule has 30 heavy (non-hydrogen) atoms. The minimum absolute atomic E-state index is 0.143. The van der Waals surface area contributed by atoms with Gasteiger partial charge in [0.05, 0.1) is 5.54 Å². The van der Waals surface area contributed by atoms with Gasteiger partial charge in [-0.2, -0.15) is 0 Å². The lowest BCUT2D eigenvalue weighted by atomic mass is 9.65. The second-order valence-corrected chi connectivity index (χ2v) is 13.0. The van der Waals surface area contributed by atoms with E-state index < -0.39 is 22.5 Å². The van der Waals surface area contributed by atoms with Gasteiger partial charge in [0, 0.05) is 41.8 Å². The number of fused-ring (bicyclic) bond motifs is 1. The van der Waals surface area contributed by atoms with Crippen LogP contribution in [0.4, 0.5) is 4.79 Å². The summed E-state index contributed by atoms with van der Waals surface area (Å²) in [5.74, 6) is 0. The zero-order chi connectivity index (χ0) is 22.5. The molecule has 1 N–H and O–H groups in total. The molecular formula is C23H37N3O3S. The van der Waals surface area contributed by atoms with Crippen LogP contribution in [0.25, 0.3) is 0 Å². The third kappa shape index (κ3) is 4.34. The van der Waals surface area contributed by atoms with E-state index in [0.29, 0.717) is 13.1 Å². The minimum Gasteiger partial charge on any atom is -0.598 e. The molecule has 0 aromatic carbocycles. The van der Waals surface area contributed by atoms with Crippen molar-refractivity contribution in [3.63, 3.8) is 0 Å². The zero-order valence-electron chi connectivity index (χ0n) is 19.7. The van der Waals surface area contributed by atoms with Crippen molar-refractivity contribution in [2.75, 3.05) is 13.1 Å². The fourth-order valence-electron chi connectivity index (χ4n) is 4.58. The van der Waals surface area contributed by atoms with E-state index in [1.54, 1.807) is 4.90 Å². The minimum atomic E-state index is -1.22. The van der Waals surface area contributed by atoms with Gasteiger partial charge in [0.25, 0.3) is 0 Å². The molecule has 168 valence electrons. The summed E-state index contributed by atoms with van der Waals surface area (Å²) in [6.07, 6.45) is 4.11. The highest BCUT2D eigenvalue weighted by Crippen LogP contribution is 2.56. The molecule has 1 fully saturated rings. The number of amides is 1. The second kappa shape index (κ2) is 7.68. The molecule has 0 bridgehead atoms. The lowest BCUT2D eigenvalue weighted by Crippen LogP contribution is -2.60. The number of aromatic nitrogens is 1. The number of aryl methyl sites for hydroxylation is 1. The van der Waals surface area contributed by atoms with Crippen LogP contribution in [-0.2, 0) is 28.1 Å². The number of likely N-dealkylation sites (tertiary alicyclic amines) is 1. The van der Waals surface area contributed by atoms with Crippen LogP contribution in [0.3, 0.4) is 0 Å². The first-order valence-corrected chi connectivity index (χ1v) is 12.0. The molecule has 2 aliphatic rings. The van der Waals surface area contributed by atoms with Gasteiger partial charge in [0.15, 0.2) is 0 Å². The van der Waals surface area contributed by atoms with Crippen LogP contribution >= 0.6 is 0 Å². The van der Waals surface area contributed by atoms with E-state index in [0.717, 1.165) is 36.1 Å². The maximum absolute atomic E-state index is 13.2. The Morgan fingerprint density at radius 3 is 2.37 bits per heavy atom. The zero-order valence-corrected chi connectivity index (χ0v) is 20.5. The Hall–Kier alpha value is -1.31. The standard InChI is InChI=1S/C23H37N3O3S/c1-16-13-17-18(24-15-16)14-23(22(17,8)25-30(28)21(5,6)7)9-11-26(12-10-23)19(27)29-20(2,3)4/h13,15,25H,9-12,14H2,1-8H3. The first kappa shape index (κ1) is 23.4. The Labute approximate surface area is 184 Å². The van der Waals surface area contributed by atoms with Crippen LogP contribution in [0.5, 0.6) is 0 Å². The summed E-state index contributed by atoms with van der Waals surface area (Å²) in [7, 11) is 0. The van der Waals surface area contributed by atoms with E-state index >= 15 is 0 Å². The highest BCUT2D eigenvalue weighted by atomic mass is 32.2. The van der Waals surface area contributed by atoms with E-state index in [1.165, 1.54) is 0 Å². The maximum atomic E-state index is 13.2. The van der Waals surface area contributed by atoms with Crippen LogP contribution < -0.4 is 4.72 Å². The third-order valence-electron chi connectivity index (χ3n) is 6.44. The van der Waals surface area contributed by atoms with E-state index in [2.05, 4.69) is 17.7 Å². The number of ether oxygens (including phenoxy) is 1. The first-order chi connectivity index (χ1) is 13.7. The summed E-state index contributed by atoms with van der Waals surface area (Å²) < 4.78 is 21.9. The van der Waals surface area contributed by atoms with Gasteiger partial charge in [-0.05, 0) is 85.8 Å². The average Bonchev–Trinajstić information content (AvgIpc) is 2.82. The van der Waals surface area contributed by atoms with Gasteiger partial charge in [-0.3, -0.25) is 4.98 Å². The molecule has 1 aromatic heterocycles. The average molecular weight is 436 g/mol. The van der Waals surface area contributed by atoms with Gasteiger partial charge in [-0.25, -0.2) is 4.79 Å². The largest absolute Gasteiger partial charge is 0.598 e. The molecule has 1 spiro atoms. The molecule has 2 unspecified atom stereocenters. The summed E-state index contributed by atoms with van der Waals surface area (Å²) in [6, 6.07) is 2.18. The molecular weight excluding hydrogens is 398 g/mol. The molecule has 2 heterocycles.